The highest BCUT2D eigenvalue weighted by molar-refractivity contribution is 4.40. The number of aliphatic hydroxyl groups excluding tert-OH is 2. The quantitative estimate of drug-likeness (QED) is 0.602. The van der Waals surface area contributed by atoms with Crippen LogP contribution in [0.5, 0.6) is 0 Å². The molecule has 0 aliphatic rings. The molecule has 0 aromatic rings. The lowest BCUT2D eigenvalue weighted by molar-refractivity contribution is 0.186. The molecule has 0 fully saturated rings. The normalized spacial score (nSPS) is 9.23. The summed E-state index contributed by atoms with van der Waals surface area (Å²) in [4.78, 5) is 0. The first-order valence-electron chi connectivity index (χ1n) is 5.04. The Hall–Kier alpha value is -0.120. The monoisotopic (exact) mass is 192 g/mol. The number of methoxy groups -OCH3 is 1. The maximum absolute atomic E-state index is 7.62. The van der Waals surface area contributed by atoms with Gasteiger partial charge >= 0.3 is 0 Å². The number of unbranched alkanes of at least 4 members (excludes halogenated alkanes) is 4. The predicted octanol–water partition coefficient (Wildman–Crippen LogP) is 1.57. The summed E-state index contributed by atoms with van der Waals surface area (Å²) in [6, 6.07) is 0. The van der Waals surface area contributed by atoms with Gasteiger partial charge in [-0.2, -0.15) is 0 Å². The molecule has 0 unspecified atom stereocenters. The molecular formula is C10H24O3. The summed E-state index contributed by atoms with van der Waals surface area (Å²) in [6.07, 6.45) is 6.65. The van der Waals surface area contributed by atoms with Crippen molar-refractivity contribution in [1.82, 2.24) is 0 Å². The van der Waals surface area contributed by atoms with Gasteiger partial charge in [0.2, 0.25) is 0 Å². The molecule has 0 aliphatic heterocycles. The average Bonchev–Trinajstić information content (AvgIpc) is 2.18. The van der Waals surface area contributed by atoms with Gasteiger partial charge in [-0.15, -0.1) is 0 Å². The zero-order valence-electron chi connectivity index (χ0n) is 8.96. The minimum Gasteiger partial charge on any atom is -0.394 e. The van der Waals surface area contributed by atoms with Crippen LogP contribution in [0.4, 0.5) is 0 Å². The Balaban J connectivity index is 0. The molecule has 0 aliphatic carbocycles. The lowest BCUT2D eigenvalue weighted by Gasteiger charge is -1.97. The highest BCUT2D eigenvalue weighted by atomic mass is 16.5. The van der Waals surface area contributed by atoms with Crippen molar-refractivity contribution >= 4 is 0 Å². The molecule has 0 saturated carbocycles. The smallest absolute Gasteiger partial charge is 0.0662 e. The van der Waals surface area contributed by atoms with Gasteiger partial charge in [0, 0.05) is 13.7 Å². The molecule has 0 rings (SSSR count). The van der Waals surface area contributed by atoms with Gasteiger partial charge in [0.15, 0.2) is 0 Å². The Morgan fingerprint density at radius 3 is 1.85 bits per heavy atom. The van der Waals surface area contributed by atoms with Crippen LogP contribution in [0.1, 0.15) is 39.0 Å². The van der Waals surface area contributed by atoms with Gasteiger partial charge in [0.25, 0.3) is 0 Å². The molecule has 0 bridgehead atoms. The van der Waals surface area contributed by atoms with Gasteiger partial charge in [0.05, 0.1) is 13.2 Å². The van der Waals surface area contributed by atoms with E-state index in [9.17, 15) is 0 Å². The van der Waals surface area contributed by atoms with Crippen molar-refractivity contribution in [3.63, 3.8) is 0 Å². The summed E-state index contributed by atoms with van der Waals surface area (Å²) in [5, 5.41) is 15.2. The van der Waals surface area contributed by atoms with Crippen LogP contribution in [0, 0.1) is 0 Å². The Bertz CT molecular complexity index is 59.2. The summed E-state index contributed by atoms with van der Waals surface area (Å²) in [6.45, 7) is 2.92. The van der Waals surface area contributed by atoms with E-state index >= 15 is 0 Å². The first kappa shape index (κ1) is 15.4. The van der Waals surface area contributed by atoms with Crippen LogP contribution in [0.15, 0.2) is 0 Å². The van der Waals surface area contributed by atoms with Crippen molar-refractivity contribution < 1.29 is 14.9 Å². The van der Waals surface area contributed by atoms with Crippen molar-refractivity contribution in [2.75, 3.05) is 26.9 Å². The van der Waals surface area contributed by atoms with Crippen molar-refractivity contribution in [1.29, 1.82) is 0 Å². The highest BCUT2D eigenvalue weighted by Gasteiger charge is 1.85. The number of aliphatic hydroxyl groups is 2. The maximum Gasteiger partial charge on any atom is 0.0662 e. The summed E-state index contributed by atoms with van der Waals surface area (Å²) < 4.78 is 4.92. The van der Waals surface area contributed by atoms with E-state index in [2.05, 4.69) is 6.92 Å². The van der Waals surface area contributed by atoms with Gasteiger partial charge in [-0.3, -0.25) is 0 Å². The maximum atomic E-state index is 7.62. The van der Waals surface area contributed by atoms with Crippen LogP contribution >= 0.6 is 0 Å². The molecular weight excluding hydrogens is 168 g/mol. The zero-order chi connectivity index (χ0) is 10.4. The molecule has 0 amide bonds. The van der Waals surface area contributed by atoms with E-state index in [1.165, 1.54) is 32.1 Å². The fourth-order valence-corrected chi connectivity index (χ4v) is 0.850. The highest BCUT2D eigenvalue weighted by Crippen LogP contribution is 2.01. The van der Waals surface area contributed by atoms with E-state index in [4.69, 9.17) is 14.9 Å². The summed E-state index contributed by atoms with van der Waals surface area (Å²) in [5.41, 5.74) is 0. The third-order valence-electron chi connectivity index (χ3n) is 1.55. The Kier molecular flexibility index (Phi) is 21.1. The molecule has 3 nitrogen and oxygen atoms in total. The van der Waals surface area contributed by atoms with Crippen molar-refractivity contribution in [2.24, 2.45) is 0 Å². The van der Waals surface area contributed by atoms with Crippen LogP contribution in [-0.2, 0) is 4.74 Å². The molecule has 0 spiro atoms. The molecule has 0 aromatic carbocycles. The Morgan fingerprint density at radius 1 is 0.923 bits per heavy atom. The van der Waals surface area contributed by atoms with Crippen LogP contribution in [0.2, 0.25) is 0 Å². The van der Waals surface area contributed by atoms with Crippen LogP contribution < -0.4 is 0 Å². The lowest BCUT2D eigenvalue weighted by atomic mass is 10.2. The second-order valence-corrected chi connectivity index (χ2v) is 2.85. The lowest BCUT2D eigenvalue weighted by Crippen LogP contribution is -1.87. The SMILES string of the molecule is CCCCCCCOC.OCCO. The summed E-state index contributed by atoms with van der Waals surface area (Å²) in [5.74, 6) is 0. The van der Waals surface area contributed by atoms with Crippen molar-refractivity contribution in [3.05, 3.63) is 0 Å². The first-order valence-corrected chi connectivity index (χ1v) is 5.04. The first-order chi connectivity index (χ1) is 6.33. The Labute approximate surface area is 81.7 Å². The number of rotatable bonds is 7. The molecule has 0 heterocycles. The van der Waals surface area contributed by atoms with Gasteiger partial charge in [-0.05, 0) is 6.42 Å². The minimum atomic E-state index is -0.125. The van der Waals surface area contributed by atoms with E-state index in [-0.39, 0.29) is 13.2 Å². The molecule has 0 saturated heterocycles. The fourth-order valence-electron chi connectivity index (χ4n) is 0.850. The standard InChI is InChI=1S/C8H18O.C2H6O2/c1-3-4-5-6-7-8-9-2;3-1-2-4/h3-8H2,1-2H3;3-4H,1-2H2. The van der Waals surface area contributed by atoms with E-state index in [0.29, 0.717) is 0 Å². The number of ether oxygens (including phenoxy) is 1. The molecule has 0 radical (unpaired) electrons. The summed E-state index contributed by atoms with van der Waals surface area (Å²) >= 11 is 0. The van der Waals surface area contributed by atoms with Crippen LogP contribution in [-0.4, -0.2) is 37.1 Å². The predicted molar refractivity (Wildman–Crippen MR) is 54.8 cm³/mol. The summed E-state index contributed by atoms with van der Waals surface area (Å²) in [7, 11) is 1.76. The topological polar surface area (TPSA) is 49.7 Å². The third kappa shape index (κ3) is 24.5. The number of hydrogen-bond acceptors (Lipinski definition) is 3. The molecule has 2 N–H and O–H groups in total. The van der Waals surface area contributed by atoms with Crippen LogP contribution in [0.3, 0.4) is 0 Å². The van der Waals surface area contributed by atoms with Crippen LogP contribution in [0.25, 0.3) is 0 Å². The van der Waals surface area contributed by atoms with E-state index < -0.39 is 0 Å². The second kappa shape index (κ2) is 17.8. The molecule has 3 heteroatoms. The fraction of sp³-hybridized carbons (Fsp3) is 1.00. The molecule has 0 aromatic heterocycles. The molecule has 13 heavy (non-hydrogen) atoms. The largest absolute Gasteiger partial charge is 0.394 e. The molecule has 0 atom stereocenters. The van der Waals surface area contributed by atoms with Crippen molar-refractivity contribution in [3.8, 4) is 0 Å². The average molecular weight is 192 g/mol. The van der Waals surface area contributed by atoms with Gasteiger partial charge in [-0.25, -0.2) is 0 Å². The van der Waals surface area contributed by atoms with Gasteiger partial charge in [0.1, 0.15) is 0 Å². The third-order valence-corrected chi connectivity index (χ3v) is 1.55. The minimum absolute atomic E-state index is 0.125. The Morgan fingerprint density at radius 2 is 1.46 bits per heavy atom. The molecule has 82 valence electrons. The van der Waals surface area contributed by atoms with Gasteiger partial charge < -0.3 is 14.9 Å². The van der Waals surface area contributed by atoms with E-state index in [1.807, 2.05) is 0 Å². The van der Waals surface area contributed by atoms with Gasteiger partial charge in [-0.1, -0.05) is 32.6 Å². The van der Waals surface area contributed by atoms with E-state index in [0.717, 1.165) is 6.61 Å². The second-order valence-electron chi connectivity index (χ2n) is 2.85. The van der Waals surface area contributed by atoms with Crippen molar-refractivity contribution in [2.45, 2.75) is 39.0 Å². The zero-order valence-corrected chi connectivity index (χ0v) is 8.96. The number of hydrogen-bond donors (Lipinski definition) is 2. The van der Waals surface area contributed by atoms with E-state index in [1.54, 1.807) is 7.11 Å².